The van der Waals surface area contributed by atoms with Crippen LogP contribution >= 0.6 is 11.6 Å². The Bertz CT molecular complexity index is 895. The normalized spacial score (nSPS) is 12.5. The number of carbonyl (C=O) groups excluding carboxylic acids is 1. The van der Waals surface area contributed by atoms with Gasteiger partial charge in [0.15, 0.2) is 5.84 Å². The molecule has 144 valence electrons. The maximum Gasteiger partial charge on any atom is 0.390 e. The van der Waals surface area contributed by atoms with Gasteiger partial charge in [-0.1, -0.05) is 16.8 Å². The molecule has 2 N–H and O–H groups in total. The van der Waals surface area contributed by atoms with Crippen molar-refractivity contribution in [1.29, 1.82) is 0 Å². The standard InChI is InChI=1S/C16H18ClN5O5/c1-9(8-21-10(2)6-14(19-21)22(24)25)16(23)27-20-15(18)12-7-11(17)4-5-13(12)26-3/h4-7,9H,8H2,1-3H3,(H2,18,20). The van der Waals surface area contributed by atoms with Gasteiger partial charge in [-0.3, -0.25) is 0 Å². The van der Waals surface area contributed by atoms with Crippen LogP contribution in [0.3, 0.4) is 0 Å². The number of aryl methyl sites for hydroxylation is 1. The summed E-state index contributed by atoms with van der Waals surface area (Å²) in [4.78, 5) is 27.2. The molecule has 1 aromatic carbocycles. The first-order chi connectivity index (χ1) is 12.7. The Morgan fingerprint density at radius 2 is 2.19 bits per heavy atom. The summed E-state index contributed by atoms with van der Waals surface area (Å²) in [5.74, 6) is -1.29. The average Bonchev–Trinajstić information content (AvgIpc) is 3.00. The van der Waals surface area contributed by atoms with Crippen LogP contribution in [0.5, 0.6) is 5.75 Å². The van der Waals surface area contributed by atoms with Crippen LogP contribution in [0.1, 0.15) is 18.2 Å². The zero-order valence-corrected chi connectivity index (χ0v) is 15.6. The number of ether oxygens (including phenoxy) is 1. The van der Waals surface area contributed by atoms with E-state index in [4.69, 9.17) is 26.9 Å². The van der Waals surface area contributed by atoms with Crippen LogP contribution in [0.2, 0.25) is 5.02 Å². The Kier molecular flexibility index (Phi) is 6.35. The molecule has 1 atom stereocenters. The minimum atomic E-state index is -0.670. The lowest BCUT2D eigenvalue weighted by molar-refractivity contribution is -0.389. The SMILES string of the molecule is COc1ccc(Cl)cc1/C(N)=N/OC(=O)C(C)Cn1nc([N+](=O)[O-])cc1C. The van der Waals surface area contributed by atoms with Gasteiger partial charge in [0.2, 0.25) is 0 Å². The maximum atomic E-state index is 12.1. The number of aromatic nitrogens is 2. The maximum absolute atomic E-state index is 12.1. The molecule has 1 heterocycles. The molecule has 0 radical (unpaired) electrons. The molecule has 2 rings (SSSR count). The van der Waals surface area contributed by atoms with E-state index in [0.717, 1.165) is 0 Å². The summed E-state index contributed by atoms with van der Waals surface area (Å²) in [5, 5.41) is 18.6. The fourth-order valence-corrected chi connectivity index (χ4v) is 2.39. The van der Waals surface area contributed by atoms with E-state index in [1.807, 2.05) is 0 Å². The molecule has 0 aliphatic rings. The molecule has 1 unspecified atom stereocenters. The smallest absolute Gasteiger partial charge is 0.390 e. The molecule has 1 aromatic heterocycles. The van der Waals surface area contributed by atoms with E-state index in [9.17, 15) is 14.9 Å². The summed E-state index contributed by atoms with van der Waals surface area (Å²) < 4.78 is 6.52. The average molecular weight is 396 g/mol. The van der Waals surface area contributed by atoms with Crippen LogP contribution in [0, 0.1) is 23.0 Å². The van der Waals surface area contributed by atoms with Crippen molar-refractivity contribution < 1.29 is 19.3 Å². The van der Waals surface area contributed by atoms with E-state index in [1.165, 1.54) is 23.9 Å². The van der Waals surface area contributed by atoms with Gasteiger partial charge in [-0.25, -0.2) is 4.79 Å². The molecule has 0 fully saturated rings. The van der Waals surface area contributed by atoms with Gasteiger partial charge in [-0.2, -0.15) is 4.68 Å². The predicted octanol–water partition coefficient (Wildman–Crippen LogP) is 2.26. The lowest BCUT2D eigenvalue weighted by Crippen LogP contribution is -2.22. The van der Waals surface area contributed by atoms with Crippen LogP contribution in [0.4, 0.5) is 5.82 Å². The van der Waals surface area contributed by atoms with Gasteiger partial charge in [-0.05, 0) is 37.0 Å². The van der Waals surface area contributed by atoms with Gasteiger partial charge in [0.25, 0.3) is 0 Å². The van der Waals surface area contributed by atoms with Gasteiger partial charge < -0.3 is 25.4 Å². The number of benzene rings is 1. The van der Waals surface area contributed by atoms with E-state index in [0.29, 0.717) is 22.0 Å². The quantitative estimate of drug-likeness (QED) is 0.249. The Morgan fingerprint density at radius 1 is 1.48 bits per heavy atom. The number of nitrogens with zero attached hydrogens (tertiary/aromatic N) is 4. The predicted molar refractivity (Wildman–Crippen MR) is 97.6 cm³/mol. The number of halogens is 1. The van der Waals surface area contributed by atoms with Gasteiger partial charge in [0.1, 0.15) is 5.75 Å². The molecule has 0 saturated carbocycles. The first kappa shape index (κ1) is 20.2. The molecule has 0 saturated heterocycles. The van der Waals surface area contributed by atoms with Crippen LogP contribution in [-0.2, 0) is 16.2 Å². The fraction of sp³-hybridized carbons (Fsp3) is 0.312. The van der Waals surface area contributed by atoms with Crippen molar-refractivity contribution in [2.24, 2.45) is 16.8 Å². The molecule has 27 heavy (non-hydrogen) atoms. The lowest BCUT2D eigenvalue weighted by Gasteiger charge is -2.09. The largest absolute Gasteiger partial charge is 0.496 e. The molecular formula is C16H18ClN5O5. The van der Waals surface area contributed by atoms with Crippen molar-refractivity contribution in [2.45, 2.75) is 20.4 Å². The number of methoxy groups -OCH3 is 1. The minimum Gasteiger partial charge on any atom is -0.496 e. The van der Waals surface area contributed by atoms with E-state index in [-0.39, 0.29) is 18.2 Å². The Balaban J connectivity index is 2.07. The molecule has 0 aliphatic heterocycles. The molecule has 0 aliphatic carbocycles. The van der Waals surface area contributed by atoms with Crippen molar-refractivity contribution in [2.75, 3.05) is 7.11 Å². The second-order valence-corrected chi connectivity index (χ2v) is 6.15. The second kappa shape index (κ2) is 8.49. The Morgan fingerprint density at radius 3 is 2.78 bits per heavy atom. The zero-order valence-electron chi connectivity index (χ0n) is 14.9. The first-order valence-corrected chi connectivity index (χ1v) is 8.17. The van der Waals surface area contributed by atoms with Crippen molar-refractivity contribution in [1.82, 2.24) is 9.78 Å². The topological polar surface area (TPSA) is 135 Å². The summed E-state index contributed by atoms with van der Waals surface area (Å²) in [6, 6.07) is 6.08. The summed E-state index contributed by atoms with van der Waals surface area (Å²) in [5.41, 5.74) is 6.77. The highest BCUT2D eigenvalue weighted by atomic mass is 35.5. The zero-order chi connectivity index (χ0) is 20.1. The van der Waals surface area contributed by atoms with Crippen molar-refractivity contribution in [3.05, 3.63) is 50.7 Å². The number of hydrogen-bond acceptors (Lipinski definition) is 7. The van der Waals surface area contributed by atoms with E-state index < -0.39 is 16.8 Å². The van der Waals surface area contributed by atoms with E-state index in [1.54, 1.807) is 26.0 Å². The highest BCUT2D eigenvalue weighted by Crippen LogP contribution is 2.22. The highest BCUT2D eigenvalue weighted by molar-refractivity contribution is 6.31. The third kappa shape index (κ3) is 4.94. The Hall–Kier alpha value is -3.14. The van der Waals surface area contributed by atoms with Crippen LogP contribution < -0.4 is 10.5 Å². The number of nitro groups is 1. The van der Waals surface area contributed by atoms with Crippen LogP contribution in [0.25, 0.3) is 0 Å². The fourth-order valence-electron chi connectivity index (χ4n) is 2.21. The summed E-state index contributed by atoms with van der Waals surface area (Å²) in [7, 11) is 1.46. The van der Waals surface area contributed by atoms with Crippen molar-refractivity contribution in [3.63, 3.8) is 0 Å². The second-order valence-electron chi connectivity index (χ2n) is 5.72. The van der Waals surface area contributed by atoms with E-state index in [2.05, 4.69) is 10.3 Å². The van der Waals surface area contributed by atoms with Crippen LogP contribution in [0.15, 0.2) is 29.4 Å². The lowest BCUT2D eigenvalue weighted by atomic mass is 10.2. The van der Waals surface area contributed by atoms with Gasteiger partial charge in [-0.15, -0.1) is 0 Å². The van der Waals surface area contributed by atoms with Gasteiger partial charge in [0, 0.05) is 5.02 Å². The number of oxime groups is 1. The third-order valence-corrected chi connectivity index (χ3v) is 3.91. The van der Waals surface area contributed by atoms with Crippen molar-refractivity contribution in [3.8, 4) is 5.75 Å². The molecule has 10 nitrogen and oxygen atoms in total. The van der Waals surface area contributed by atoms with Gasteiger partial charge >= 0.3 is 11.8 Å². The summed E-state index contributed by atoms with van der Waals surface area (Å²) in [6.45, 7) is 3.33. The van der Waals surface area contributed by atoms with Crippen LogP contribution in [-0.4, -0.2) is 33.6 Å². The number of amidine groups is 1. The number of rotatable bonds is 7. The number of hydrogen-bond donors (Lipinski definition) is 1. The van der Waals surface area contributed by atoms with Crippen molar-refractivity contribution >= 4 is 29.2 Å². The summed E-state index contributed by atoms with van der Waals surface area (Å²) in [6.07, 6.45) is 0. The van der Waals surface area contributed by atoms with E-state index >= 15 is 0 Å². The molecular weight excluding hydrogens is 378 g/mol. The number of carbonyl (C=O) groups is 1. The minimum absolute atomic E-state index is 0.0826. The van der Waals surface area contributed by atoms with Gasteiger partial charge in [0.05, 0.1) is 42.0 Å². The Labute approximate surface area is 159 Å². The first-order valence-electron chi connectivity index (χ1n) is 7.80. The highest BCUT2D eigenvalue weighted by Gasteiger charge is 2.22. The molecule has 11 heteroatoms. The number of nitrogens with two attached hydrogens (primary N) is 1. The molecule has 0 amide bonds. The molecule has 0 bridgehead atoms. The summed E-state index contributed by atoms with van der Waals surface area (Å²) >= 11 is 5.93. The molecule has 2 aromatic rings. The monoisotopic (exact) mass is 395 g/mol. The molecule has 0 spiro atoms. The third-order valence-electron chi connectivity index (χ3n) is 3.68.